The lowest BCUT2D eigenvalue weighted by Crippen LogP contribution is -2.46. The van der Waals surface area contributed by atoms with Crippen molar-refractivity contribution >= 4 is 30.9 Å². The zero-order valence-electron chi connectivity index (χ0n) is 22.9. The first-order valence-electron chi connectivity index (χ1n) is 13.2. The molecule has 1 unspecified atom stereocenters. The number of hydrogen-bond acceptors (Lipinski definition) is 3. The van der Waals surface area contributed by atoms with Crippen molar-refractivity contribution in [2.45, 2.75) is 109 Å². The Bertz CT molecular complexity index is 1150. The fraction of sp³-hybridized carbons (Fsp3) is 0.621. The lowest BCUT2D eigenvalue weighted by Gasteiger charge is -2.50. The second-order valence-corrected chi connectivity index (χ2v) is 18.7. The summed E-state index contributed by atoms with van der Waals surface area (Å²) in [4.78, 5) is 5.19. The average Bonchev–Trinajstić information content (AvgIpc) is 2.75. The van der Waals surface area contributed by atoms with E-state index in [1.54, 1.807) is 0 Å². The summed E-state index contributed by atoms with van der Waals surface area (Å²) in [7, 11) is -2.10. The van der Waals surface area contributed by atoms with Gasteiger partial charge in [-0.2, -0.15) is 13.2 Å². The van der Waals surface area contributed by atoms with E-state index in [1.165, 1.54) is 31.4 Å². The van der Waals surface area contributed by atoms with Crippen LogP contribution in [0, 0.1) is 8.99 Å². The molecular weight excluding hydrogens is 606 g/mol. The van der Waals surface area contributed by atoms with Crippen LogP contribution < -0.4 is 0 Å². The topological polar surface area (TPSA) is 42.4 Å². The predicted molar refractivity (Wildman–Crippen MR) is 152 cm³/mol. The number of rotatable bonds is 5. The molecule has 204 valence electrons. The lowest BCUT2D eigenvalue weighted by molar-refractivity contribution is -0.137. The summed E-state index contributed by atoms with van der Waals surface area (Å²) in [6, 6.07) is 4.83. The molecule has 2 aliphatic rings. The highest BCUT2D eigenvalue weighted by Crippen LogP contribution is 2.57. The van der Waals surface area contributed by atoms with Gasteiger partial charge in [-0.15, -0.1) is 0 Å². The summed E-state index contributed by atoms with van der Waals surface area (Å²) in [5, 5.41) is 11.6. The molecular formula is C29H39F3INO2Si. The molecule has 1 fully saturated rings. The van der Waals surface area contributed by atoms with Crippen LogP contribution in [0.25, 0.3) is 0 Å². The van der Waals surface area contributed by atoms with Gasteiger partial charge in [-0.3, -0.25) is 4.98 Å². The Morgan fingerprint density at radius 3 is 2.16 bits per heavy atom. The molecule has 1 heterocycles. The second kappa shape index (κ2) is 9.89. The number of nitrogens with zero attached hydrogens (tertiary/aromatic N) is 1. The quantitative estimate of drug-likeness (QED) is 0.261. The lowest BCUT2D eigenvalue weighted by atomic mass is 9.59. The molecule has 0 amide bonds. The number of aliphatic hydroxyl groups is 1. The fourth-order valence-electron chi connectivity index (χ4n) is 5.45. The number of aromatic nitrogens is 1. The van der Waals surface area contributed by atoms with Gasteiger partial charge in [-0.05, 0) is 95.4 Å². The van der Waals surface area contributed by atoms with Crippen molar-refractivity contribution in [3.05, 3.63) is 61.5 Å². The fourth-order valence-corrected chi connectivity index (χ4v) is 7.94. The van der Waals surface area contributed by atoms with E-state index in [1.807, 2.05) is 0 Å². The minimum atomic E-state index is -4.42. The van der Waals surface area contributed by atoms with Gasteiger partial charge in [0.1, 0.15) is 6.10 Å². The smallest absolute Gasteiger partial charge is 0.410 e. The van der Waals surface area contributed by atoms with Crippen LogP contribution in [0.4, 0.5) is 13.2 Å². The molecule has 1 saturated carbocycles. The van der Waals surface area contributed by atoms with E-state index in [0.29, 0.717) is 11.1 Å². The summed E-state index contributed by atoms with van der Waals surface area (Å²) in [6.07, 6.45) is -0.0836. The standard InChI is InChI=1S/C29H39F3INO2Si/c1-17(2)25-23(26(35)18-9-11-19(12-10-18)29(30,31)32)24(33)22-20(34-25)15-28(13-8-14-28)16-21(22)36-37(6,7)27(3,4)5/h9-12,17,21,26,35H,8,13-16H2,1-7H3/t21?,26-/m1/s1. The summed E-state index contributed by atoms with van der Waals surface area (Å²) in [5.74, 6) is 0.0527. The van der Waals surface area contributed by atoms with E-state index in [0.717, 1.165) is 45.5 Å². The average molecular weight is 646 g/mol. The first kappa shape index (κ1) is 29.0. The Morgan fingerprint density at radius 1 is 1.11 bits per heavy atom. The molecule has 3 nitrogen and oxygen atoms in total. The molecule has 4 rings (SSSR count). The van der Waals surface area contributed by atoms with E-state index in [4.69, 9.17) is 9.41 Å². The maximum absolute atomic E-state index is 13.1. The van der Waals surface area contributed by atoms with Gasteiger partial charge in [-0.1, -0.05) is 53.2 Å². The third-order valence-electron chi connectivity index (χ3n) is 8.83. The van der Waals surface area contributed by atoms with Gasteiger partial charge in [0.2, 0.25) is 0 Å². The summed E-state index contributed by atoms with van der Waals surface area (Å²) < 4.78 is 47.4. The van der Waals surface area contributed by atoms with Crippen LogP contribution in [-0.2, 0) is 17.0 Å². The highest BCUT2D eigenvalue weighted by atomic mass is 127. The Kier molecular flexibility index (Phi) is 7.76. The molecule has 0 aliphatic heterocycles. The number of pyridine rings is 1. The van der Waals surface area contributed by atoms with Gasteiger partial charge in [0.25, 0.3) is 0 Å². The van der Waals surface area contributed by atoms with Crippen molar-refractivity contribution < 1.29 is 22.7 Å². The molecule has 0 radical (unpaired) electrons. The molecule has 2 aromatic rings. The zero-order valence-corrected chi connectivity index (χ0v) is 26.0. The third kappa shape index (κ3) is 5.54. The first-order valence-corrected chi connectivity index (χ1v) is 17.2. The monoisotopic (exact) mass is 645 g/mol. The number of alkyl halides is 3. The predicted octanol–water partition coefficient (Wildman–Crippen LogP) is 9.09. The Hall–Kier alpha value is -0.973. The van der Waals surface area contributed by atoms with Crippen LogP contribution in [0.15, 0.2) is 24.3 Å². The van der Waals surface area contributed by atoms with Crippen molar-refractivity contribution in [2.24, 2.45) is 5.41 Å². The molecule has 0 saturated heterocycles. The van der Waals surface area contributed by atoms with E-state index in [2.05, 4.69) is 70.3 Å². The molecule has 1 aromatic carbocycles. The number of halogens is 4. The highest BCUT2D eigenvalue weighted by molar-refractivity contribution is 14.1. The largest absolute Gasteiger partial charge is 0.416 e. The number of benzene rings is 1. The maximum atomic E-state index is 13.1. The van der Waals surface area contributed by atoms with Crippen molar-refractivity contribution in [1.29, 1.82) is 0 Å². The van der Waals surface area contributed by atoms with Gasteiger partial charge in [0.05, 0.1) is 17.4 Å². The Labute approximate surface area is 233 Å². The molecule has 2 aliphatic carbocycles. The maximum Gasteiger partial charge on any atom is 0.416 e. The first-order chi connectivity index (χ1) is 17.0. The molecule has 37 heavy (non-hydrogen) atoms. The number of fused-ring (bicyclic) bond motifs is 1. The van der Waals surface area contributed by atoms with Crippen LogP contribution >= 0.6 is 22.6 Å². The third-order valence-corrected chi connectivity index (χ3v) is 14.5. The molecule has 2 atom stereocenters. The summed E-state index contributed by atoms with van der Waals surface area (Å²) >= 11 is 2.33. The Morgan fingerprint density at radius 2 is 1.70 bits per heavy atom. The van der Waals surface area contributed by atoms with Crippen molar-refractivity contribution in [1.82, 2.24) is 4.98 Å². The van der Waals surface area contributed by atoms with Gasteiger partial charge in [0.15, 0.2) is 8.32 Å². The van der Waals surface area contributed by atoms with Crippen LogP contribution in [-0.4, -0.2) is 18.4 Å². The van der Waals surface area contributed by atoms with E-state index in [9.17, 15) is 18.3 Å². The molecule has 1 spiro atoms. The number of hydrogen-bond donors (Lipinski definition) is 1. The SMILES string of the molecule is CC(C)c1nc2c(c(I)c1[C@H](O)c1ccc(C(F)(F)F)cc1)C(O[Si](C)(C)C(C)(C)C)CC1(CCC1)C2. The van der Waals surface area contributed by atoms with Gasteiger partial charge in [-0.25, -0.2) is 0 Å². The summed E-state index contributed by atoms with van der Waals surface area (Å²) in [5.41, 5.74) is 3.61. The molecule has 8 heteroatoms. The van der Waals surface area contributed by atoms with E-state index < -0.39 is 26.2 Å². The van der Waals surface area contributed by atoms with E-state index >= 15 is 0 Å². The molecule has 0 bridgehead atoms. The molecule has 1 N–H and O–H groups in total. The van der Waals surface area contributed by atoms with E-state index in [-0.39, 0.29) is 22.5 Å². The normalized spacial score (nSPS) is 20.6. The van der Waals surface area contributed by atoms with Gasteiger partial charge >= 0.3 is 6.18 Å². The van der Waals surface area contributed by atoms with Crippen molar-refractivity contribution in [2.75, 3.05) is 0 Å². The number of aliphatic hydroxyl groups excluding tert-OH is 1. The minimum Gasteiger partial charge on any atom is -0.410 e. The van der Waals surface area contributed by atoms with Crippen LogP contribution in [0.1, 0.15) is 112 Å². The van der Waals surface area contributed by atoms with Gasteiger partial charge in [0, 0.05) is 20.4 Å². The zero-order chi connectivity index (χ0) is 27.6. The van der Waals surface area contributed by atoms with Crippen LogP contribution in [0.5, 0.6) is 0 Å². The molecule has 1 aromatic heterocycles. The highest BCUT2D eigenvalue weighted by Gasteiger charge is 2.49. The second-order valence-electron chi connectivity index (χ2n) is 12.9. The van der Waals surface area contributed by atoms with Crippen molar-refractivity contribution in [3.63, 3.8) is 0 Å². The van der Waals surface area contributed by atoms with Crippen LogP contribution in [0.2, 0.25) is 18.1 Å². The Balaban J connectivity index is 1.84. The van der Waals surface area contributed by atoms with Crippen LogP contribution in [0.3, 0.4) is 0 Å². The minimum absolute atomic E-state index is 0.0523. The summed E-state index contributed by atoms with van der Waals surface area (Å²) in [6.45, 7) is 15.4. The van der Waals surface area contributed by atoms with Gasteiger partial charge < -0.3 is 9.53 Å². The van der Waals surface area contributed by atoms with Crippen molar-refractivity contribution in [3.8, 4) is 0 Å².